The Morgan fingerprint density at radius 3 is 2.27 bits per heavy atom. The molecule has 0 aliphatic heterocycles. The fourth-order valence-electron chi connectivity index (χ4n) is 0.754. The number of rotatable bonds is 3. The van der Waals surface area contributed by atoms with Gasteiger partial charge < -0.3 is 10.7 Å². The maximum absolute atomic E-state index is 5.09. The van der Waals surface area contributed by atoms with Crippen LogP contribution in [-0.2, 0) is 4.84 Å². The predicted molar refractivity (Wildman–Crippen MR) is 46.6 cm³/mol. The molecule has 0 aromatic heterocycles. The molecule has 0 saturated heterocycles. The van der Waals surface area contributed by atoms with E-state index in [9.17, 15) is 0 Å². The van der Waals surface area contributed by atoms with Crippen LogP contribution in [0.5, 0.6) is 0 Å². The number of oxime groups is 1. The SMILES string of the molecule is CO/N=C(/C(C)=N\N)C(C)C. The smallest absolute Gasteiger partial charge is 0.106 e. The van der Waals surface area contributed by atoms with Crippen molar-refractivity contribution in [2.75, 3.05) is 7.11 Å². The van der Waals surface area contributed by atoms with E-state index in [-0.39, 0.29) is 5.92 Å². The van der Waals surface area contributed by atoms with Gasteiger partial charge in [0.15, 0.2) is 0 Å². The van der Waals surface area contributed by atoms with Gasteiger partial charge in [0.2, 0.25) is 0 Å². The van der Waals surface area contributed by atoms with Gasteiger partial charge in [-0.05, 0) is 6.92 Å². The molecule has 0 aromatic rings. The highest BCUT2D eigenvalue weighted by Gasteiger charge is 2.08. The van der Waals surface area contributed by atoms with Crippen molar-refractivity contribution in [3.63, 3.8) is 0 Å². The maximum Gasteiger partial charge on any atom is 0.106 e. The van der Waals surface area contributed by atoms with Crippen molar-refractivity contribution in [2.45, 2.75) is 20.8 Å². The van der Waals surface area contributed by atoms with Crippen LogP contribution in [0.3, 0.4) is 0 Å². The quantitative estimate of drug-likeness (QED) is 0.377. The van der Waals surface area contributed by atoms with E-state index in [1.807, 2.05) is 13.8 Å². The number of hydrogen-bond acceptors (Lipinski definition) is 4. The standard InChI is InChI=1S/C7H15N3O/c1-5(2)7(10-11-4)6(3)9-8/h5H,8H2,1-4H3/b9-6-,10-7+. The van der Waals surface area contributed by atoms with Crippen LogP contribution in [0.1, 0.15) is 20.8 Å². The Morgan fingerprint density at radius 1 is 1.45 bits per heavy atom. The zero-order valence-electron chi connectivity index (χ0n) is 7.46. The zero-order valence-corrected chi connectivity index (χ0v) is 7.46. The first-order valence-corrected chi connectivity index (χ1v) is 3.49. The van der Waals surface area contributed by atoms with Crippen molar-refractivity contribution in [1.82, 2.24) is 0 Å². The van der Waals surface area contributed by atoms with E-state index in [2.05, 4.69) is 15.1 Å². The van der Waals surface area contributed by atoms with Crippen molar-refractivity contribution in [3.05, 3.63) is 0 Å². The molecule has 11 heavy (non-hydrogen) atoms. The summed E-state index contributed by atoms with van der Waals surface area (Å²) < 4.78 is 0. The van der Waals surface area contributed by atoms with Gasteiger partial charge in [0.25, 0.3) is 0 Å². The lowest BCUT2D eigenvalue weighted by Gasteiger charge is -2.06. The molecule has 0 aliphatic rings. The average Bonchev–Trinajstić information content (AvgIpc) is 1.98. The van der Waals surface area contributed by atoms with Crippen molar-refractivity contribution in [1.29, 1.82) is 0 Å². The van der Waals surface area contributed by atoms with E-state index in [1.165, 1.54) is 7.11 Å². The van der Waals surface area contributed by atoms with Crippen LogP contribution in [-0.4, -0.2) is 18.5 Å². The van der Waals surface area contributed by atoms with Gasteiger partial charge in [0, 0.05) is 5.92 Å². The van der Waals surface area contributed by atoms with Gasteiger partial charge in [0.1, 0.15) is 12.8 Å². The molecule has 0 aromatic carbocycles. The largest absolute Gasteiger partial charge is 0.399 e. The third-order valence-electron chi connectivity index (χ3n) is 1.30. The molecule has 0 rings (SSSR count). The van der Waals surface area contributed by atoms with E-state index in [1.54, 1.807) is 6.92 Å². The van der Waals surface area contributed by atoms with Gasteiger partial charge in [-0.2, -0.15) is 5.10 Å². The van der Waals surface area contributed by atoms with Gasteiger partial charge in [-0.25, -0.2) is 0 Å². The van der Waals surface area contributed by atoms with Gasteiger partial charge in [-0.15, -0.1) is 0 Å². The Bertz CT molecular complexity index is 173. The van der Waals surface area contributed by atoms with E-state index in [4.69, 9.17) is 5.84 Å². The van der Waals surface area contributed by atoms with E-state index in [0.717, 1.165) is 5.71 Å². The Labute approximate surface area is 67.1 Å². The van der Waals surface area contributed by atoms with Crippen LogP contribution in [0.15, 0.2) is 10.3 Å². The van der Waals surface area contributed by atoms with Crippen LogP contribution in [0, 0.1) is 5.92 Å². The average molecular weight is 157 g/mol. The number of nitrogens with two attached hydrogens (primary N) is 1. The summed E-state index contributed by atoms with van der Waals surface area (Å²) in [6.45, 7) is 5.82. The summed E-state index contributed by atoms with van der Waals surface area (Å²) in [4.78, 5) is 4.64. The monoisotopic (exact) mass is 157 g/mol. The Hall–Kier alpha value is -1.06. The topological polar surface area (TPSA) is 60.0 Å². The molecule has 0 bridgehead atoms. The molecule has 4 nitrogen and oxygen atoms in total. The Balaban J connectivity index is 4.48. The minimum atomic E-state index is 0.280. The highest BCUT2D eigenvalue weighted by Crippen LogP contribution is 1.99. The molecule has 64 valence electrons. The first-order valence-electron chi connectivity index (χ1n) is 3.49. The summed E-state index contributed by atoms with van der Waals surface area (Å²) in [5.74, 6) is 5.37. The minimum Gasteiger partial charge on any atom is -0.399 e. The third kappa shape index (κ3) is 3.02. The van der Waals surface area contributed by atoms with E-state index < -0.39 is 0 Å². The molecule has 0 spiro atoms. The van der Waals surface area contributed by atoms with Gasteiger partial charge in [0.05, 0.1) is 5.71 Å². The third-order valence-corrected chi connectivity index (χ3v) is 1.30. The molecule has 0 fully saturated rings. The summed E-state index contributed by atoms with van der Waals surface area (Å²) in [5.41, 5.74) is 1.50. The van der Waals surface area contributed by atoms with E-state index in [0.29, 0.717) is 5.71 Å². The molecule has 0 unspecified atom stereocenters. The second-order valence-corrected chi connectivity index (χ2v) is 2.53. The first kappa shape index (κ1) is 9.94. The molecular formula is C7H15N3O. The molecular weight excluding hydrogens is 142 g/mol. The summed E-state index contributed by atoms with van der Waals surface area (Å²) in [7, 11) is 1.51. The molecule has 0 amide bonds. The highest BCUT2D eigenvalue weighted by molar-refractivity contribution is 6.41. The molecule has 0 atom stereocenters. The fraction of sp³-hybridized carbons (Fsp3) is 0.714. The minimum absolute atomic E-state index is 0.280. The van der Waals surface area contributed by atoms with Crippen molar-refractivity contribution in [3.8, 4) is 0 Å². The zero-order chi connectivity index (χ0) is 8.85. The van der Waals surface area contributed by atoms with Crippen molar-refractivity contribution in [2.24, 2.45) is 22.0 Å². The van der Waals surface area contributed by atoms with Crippen LogP contribution in [0.2, 0.25) is 0 Å². The summed E-state index contributed by atoms with van der Waals surface area (Å²) in [6, 6.07) is 0. The normalized spacial score (nSPS) is 13.9. The lowest BCUT2D eigenvalue weighted by atomic mass is 10.1. The molecule has 2 N–H and O–H groups in total. The molecule has 0 heterocycles. The number of hydrazone groups is 1. The number of hydrogen-bond donors (Lipinski definition) is 1. The Morgan fingerprint density at radius 2 is 2.00 bits per heavy atom. The lowest BCUT2D eigenvalue weighted by molar-refractivity contribution is 0.212. The maximum atomic E-state index is 5.09. The lowest BCUT2D eigenvalue weighted by Crippen LogP contribution is -2.19. The van der Waals surface area contributed by atoms with Gasteiger partial charge in [-0.3, -0.25) is 0 Å². The summed E-state index contributed by atoms with van der Waals surface area (Å²) in [6.07, 6.45) is 0. The summed E-state index contributed by atoms with van der Waals surface area (Å²) >= 11 is 0. The second kappa shape index (κ2) is 4.71. The van der Waals surface area contributed by atoms with Crippen molar-refractivity contribution >= 4 is 11.4 Å². The second-order valence-electron chi connectivity index (χ2n) is 2.53. The number of nitrogens with zero attached hydrogens (tertiary/aromatic N) is 2. The van der Waals surface area contributed by atoms with Crippen LogP contribution < -0.4 is 5.84 Å². The predicted octanol–water partition coefficient (Wildman–Crippen LogP) is 0.979. The molecule has 0 saturated carbocycles. The van der Waals surface area contributed by atoms with Gasteiger partial charge >= 0.3 is 0 Å². The van der Waals surface area contributed by atoms with E-state index >= 15 is 0 Å². The van der Waals surface area contributed by atoms with Crippen LogP contribution in [0.25, 0.3) is 0 Å². The van der Waals surface area contributed by atoms with Crippen LogP contribution in [0.4, 0.5) is 0 Å². The van der Waals surface area contributed by atoms with Gasteiger partial charge in [-0.1, -0.05) is 19.0 Å². The first-order chi connectivity index (χ1) is 5.13. The summed E-state index contributed by atoms with van der Waals surface area (Å²) in [5, 5.41) is 7.33. The highest BCUT2D eigenvalue weighted by atomic mass is 16.6. The molecule has 0 radical (unpaired) electrons. The molecule has 0 aliphatic carbocycles. The molecule has 4 heteroatoms. The van der Waals surface area contributed by atoms with Crippen LogP contribution >= 0.6 is 0 Å². The Kier molecular flexibility index (Phi) is 4.26. The fourth-order valence-corrected chi connectivity index (χ4v) is 0.754. The van der Waals surface area contributed by atoms with Crippen molar-refractivity contribution < 1.29 is 4.84 Å².